The molecule has 1 aliphatic heterocycles. The van der Waals surface area contributed by atoms with Gasteiger partial charge in [-0.3, -0.25) is 0 Å². The van der Waals surface area contributed by atoms with Gasteiger partial charge in [0, 0.05) is 0 Å². The van der Waals surface area contributed by atoms with E-state index in [4.69, 9.17) is 4.74 Å². The fourth-order valence-electron chi connectivity index (χ4n) is 2.06. The monoisotopic (exact) mass is 201 g/mol. The molecule has 2 unspecified atom stereocenters. The third-order valence-electron chi connectivity index (χ3n) is 2.91. The van der Waals surface area contributed by atoms with Crippen LogP contribution in [0.4, 0.5) is 0 Å². The molecule has 0 aliphatic carbocycles. The summed E-state index contributed by atoms with van der Waals surface area (Å²) in [5, 5.41) is 12.2. The number of morpholine rings is 1. The third-order valence-corrected chi connectivity index (χ3v) is 2.91. The Bertz CT molecular complexity index is 163. The van der Waals surface area contributed by atoms with Crippen molar-refractivity contribution in [3.8, 4) is 0 Å². The molecule has 0 amide bonds. The van der Waals surface area contributed by atoms with Gasteiger partial charge in [-0.25, -0.2) is 0 Å². The molecule has 0 N–H and O–H groups in total. The maximum atomic E-state index is 12.2. The molecule has 0 radical (unpaired) electrons. The molecule has 0 bridgehead atoms. The van der Waals surface area contributed by atoms with Gasteiger partial charge >= 0.3 is 0 Å². The zero-order valence-corrected chi connectivity index (χ0v) is 9.50. The lowest BCUT2D eigenvalue weighted by atomic mass is 10.2. The van der Waals surface area contributed by atoms with Crippen LogP contribution in [0.5, 0.6) is 0 Å². The topological polar surface area (TPSA) is 32.3 Å². The summed E-state index contributed by atoms with van der Waals surface area (Å²) in [6.07, 6.45) is 4.91. The average molecular weight is 201 g/mol. The van der Waals surface area contributed by atoms with Crippen LogP contribution in [0.15, 0.2) is 0 Å². The van der Waals surface area contributed by atoms with Crippen LogP contribution < -0.4 is 0 Å². The van der Waals surface area contributed by atoms with E-state index in [1.807, 2.05) is 6.92 Å². The minimum Gasteiger partial charge on any atom is -0.633 e. The van der Waals surface area contributed by atoms with Crippen molar-refractivity contribution in [2.24, 2.45) is 0 Å². The molecule has 0 saturated carbocycles. The van der Waals surface area contributed by atoms with Gasteiger partial charge in [-0.05, 0) is 19.8 Å². The zero-order chi connectivity index (χ0) is 10.4. The Morgan fingerprint density at radius 2 is 2.14 bits per heavy atom. The number of hydroxylamine groups is 3. The van der Waals surface area contributed by atoms with E-state index in [1.54, 1.807) is 0 Å². The van der Waals surface area contributed by atoms with Crippen molar-refractivity contribution < 1.29 is 9.38 Å². The third kappa shape index (κ3) is 3.95. The van der Waals surface area contributed by atoms with E-state index in [1.165, 1.54) is 19.3 Å². The number of unbranched alkanes of at least 4 members (excludes halogenated alkanes) is 3. The molecular weight excluding hydrogens is 178 g/mol. The SMILES string of the molecule is CCCCCC[N+]1([O-])CCOC(C)C1. The Morgan fingerprint density at radius 1 is 1.36 bits per heavy atom. The second-order valence-corrected chi connectivity index (χ2v) is 4.43. The fourth-order valence-corrected chi connectivity index (χ4v) is 2.06. The first kappa shape index (κ1) is 12.0. The van der Waals surface area contributed by atoms with Gasteiger partial charge < -0.3 is 14.6 Å². The summed E-state index contributed by atoms with van der Waals surface area (Å²) in [7, 11) is 0. The number of rotatable bonds is 5. The van der Waals surface area contributed by atoms with E-state index in [9.17, 15) is 5.21 Å². The largest absolute Gasteiger partial charge is 0.633 e. The average Bonchev–Trinajstić information content (AvgIpc) is 2.12. The summed E-state index contributed by atoms with van der Waals surface area (Å²) >= 11 is 0. The van der Waals surface area contributed by atoms with Crippen molar-refractivity contribution in [1.82, 2.24) is 0 Å². The lowest BCUT2D eigenvalue weighted by Gasteiger charge is -2.47. The molecule has 0 spiro atoms. The van der Waals surface area contributed by atoms with Crippen LogP contribution in [0.2, 0.25) is 0 Å². The van der Waals surface area contributed by atoms with Gasteiger partial charge in [0.1, 0.15) is 19.2 Å². The highest BCUT2D eigenvalue weighted by Crippen LogP contribution is 2.15. The molecule has 14 heavy (non-hydrogen) atoms. The van der Waals surface area contributed by atoms with Crippen LogP contribution in [0.25, 0.3) is 0 Å². The van der Waals surface area contributed by atoms with Crippen LogP contribution in [-0.4, -0.2) is 37.0 Å². The first-order valence-electron chi connectivity index (χ1n) is 5.85. The Hall–Kier alpha value is -0.120. The van der Waals surface area contributed by atoms with Crippen LogP contribution in [0.3, 0.4) is 0 Å². The van der Waals surface area contributed by atoms with Crippen molar-refractivity contribution in [2.75, 3.05) is 26.2 Å². The van der Waals surface area contributed by atoms with E-state index in [2.05, 4.69) is 6.92 Å². The first-order valence-corrected chi connectivity index (χ1v) is 5.85. The van der Waals surface area contributed by atoms with E-state index < -0.39 is 0 Å². The lowest BCUT2D eigenvalue weighted by Crippen LogP contribution is -2.53. The molecule has 0 aromatic carbocycles. The second kappa shape index (κ2) is 5.69. The molecule has 1 fully saturated rings. The number of hydrogen-bond donors (Lipinski definition) is 0. The van der Waals surface area contributed by atoms with Crippen LogP contribution >= 0.6 is 0 Å². The van der Waals surface area contributed by atoms with Crippen molar-refractivity contribution in [2.45, 2.75) is 45.6 Å². The van der Waals surface area contributed by atoms with Gasteiger partial charge in [0.05, 0.1) is 13.2 Å². The maximum Gasteiger partial charge on any atom is 0.105 e. The van der Waals surface area contributed by atoms with E-state index in [0.717, 1.165) is 13.0 Å². The van der Waals surface area contributed by atoms with E-state index >= 15 is 0 Å². The first-order chi connectivity index (χ1) is 6.66. The number of nitrogens with zero attached hydrogens (tertiary/aromatic N) is 1. The van der Waals surface area contributed by atoms with E-state index in [-0.39, 0.29) is 10.8 Å². The van der Waals surface area contributed by atoms with Gasteiger partial charge in [-0.2, -0.15) is 0 Å². The van der Waals surface area contributed by atoms with Crippen molar-refractivity contribution in [3.05, 3.63) is 5.21 Å². The highest BCUT2D eigenvalue weighted by atomic mass is 16.6. The number of hydrogen-bond acceptors (Lipinski definition) is 2. The molecule has 1 heterocycles. The van der Waals surface area contributed by atoms with Gasteiger partial charge in [-0.1, -0.05) is 19.8 Å². The summed E-state index contributed by atoms with van der Waals surface area (Å²) in [4.78, 5) is 0. The summed E-state index contributed by atoms with van der Waals surface area (Å²) in [5.41, 5.74) is 0. The molecule has 0 aromatic heterocycles. The van der Waals surface area contributed by atoms with Gasteiger partial charge in [0.15, 0.2) is 0 Å². The second-order valence-electron chi connectivity index (χ2n) is 4.43. The van der Waals surface area contributed by atoms with Crippen LogP contribution in [-0.2, 0) is 4.74 Å². The van der Waals surface area contributed by atoms with Gasteiger partial charge in [0.25, 0.3) is 0 Å². The summed E-state index contributed by atoms with van der Waals surface area (Å²) in [5.74, 6) is 0. The molecule has 3 heteroatoms. The molecule has 2 atom stereocenters. The quantitative estimate of drug-likeness (QED) is 0.388. The predicted molar refractivity (Wildman–Crippen MR) is 57.8 cm³/mol. The van der Waals surface area contributed by atoms with Gasteiger partial charge in [0.2, 0.25) is 0 Å². The standard InChI is InChI=1S/C11H23NO2/c1-3-4-5-6-7-12(13)8-9-14-11(2)10-12/h11H,3-10H2,1-2H3. The summed E-state index contributed by atoms with van der Waals surface area (Å²) < 4.78 is 5.36. The zero-order valence-electron chi connectivity index (χ0n) is 9.50. The summed E-state index contributed by atoms with van der Waals surface area (Å²) in [6.45, 7) is 6.91. The van der Waals surface area contributed by atoms with E-state index in [0.29, 0.717) is 19.7 Å². The minimum atomic E-state index is -0.0229. The molecule has 1 aliphatic rings. The van der Waals surface area contributed by atoms with Crippen molar-refractivity contribution in [1.29, 1.82) is 0 Å². The van der Waals surface area contributed by atoms with Crippen molar-refractivity contribution >= 4 is 0 Å². The highest BCUT2D eigenvalue weighted by molar-refractivity contribution is 4.58. The van der Waals surface area contributed by atoms with Crippen LogP contribution in [0.1, 0.15) is 39.5 Å². The number of quaternary nitrogens is 1. The van der Waals surface area contributed by atoms with Crippen molar-refractivity contribution in [3.63, 3.8) is 0 Å². The normalized spacial score (nSPS) is 33.2. The lowest BCUT2D eigenvalue weighted by molar-refractivity contribution is -0.892. The predicted octanol–water partition coefficient (Wildman–Crippen LogP) is 2.30. The minimum absolute atomic E-state index is 0.0229. The van der Waals surface area contributed by atoms with Crippen LogP contribution in [0, 0.1) is 5.21 Å². The number of ether oxygens (including phenoxy) is 1. The Balaban J connectivity index is 2.19. The fraction of sp³-hybridized carbons (Fsp3) is 1.00. The molecular formula is C11H23NO2. The highest BCUT2D eigenvalue weighted by Gasteiger charge is 2.25. The molecule has 3 nitrogen and oxygen atoms in total. The Kier molecular flexibility index (Phi) is 4.85. The molecule has 1 rings (SSSR count). The smallest absolute Gasteiger partial charge is 0.105 e. The Morgan fingerprint density at radius 3 is 2.79 bits per heavy atom. The Labute approximate surface area is 87.2 Å². The molecule has 0 aromatic rings. The maximum absolute atomic E-state index is 12.2. The molecule has 1 saturated heterocycles. The van der Waals surface area contributed by atoms with Gasteiger partial charge in [-0.15, -0.1) is 0 Å². The molecule has 84 valence electrons. The summed E-state index contributed by atoms with van der Waals surface area (Å²) in [6, 6.07) is 0.